The van der Waals surface area contributed by atoms with Gasteiger partial charge in [0.15, 0.2) is 0 Å². The van der Waals surface area contributed by atoms with Crippen LogP contribution in [0.4, 0.5) is 22.7 Å². The number of rotatable bonds is 8. The molecule has 11 nitrogen and oxygen atoms in total. The molecule has 2 aliphatic heterocycles. The average Bonchev–Trinajstić information content (AvgIpc) is 3.19. The molecule has 37 heavy (non-hydrogen) atoms. The number of carbonyl (C=O) groups is 1. The molecule has 0 saturated carbocycles. The highest BCUT2D eigenvalue weighted by Gasteiger charge is 2.28. The molecule has 0 spiro atoms. The zero-order valence-electron chi connectivity index (χ0n) is 20.9. The van der Waals surface area contributed by atoms with Crippen LogP contribution in [0.5, 0.6) is 0 Å². The van der Waals surface area contributed by atoms with Crippen molar-refractivity contribution in [1.29, 1.82) is 0 Å². The number of sulfonamides is 1. The molecule has 2 heterocycles. The molecule has 0 atom stereocenters. The number of carbonyl (C=O) groups excluding carboxylic acids is 1. The van der Waals surface area contributed by atoms with Crippen molar-refractivity contribution in [3.63, 3.8) is 0 Å². The first-order valence-electron chi connectivity index (χ1n) is 12.6. The lowest BCUT2D eigenvalue weighted by Crippen LogP contribution is -2.40. The SMILES string of the molecule is CCNc1ccc(C(=O)Nc2cc(S(=O)(=O)N3CCOCC3)ccc2N2CCCCCC2)cc1[N+](=O)[O-]. The largest absolute Gasteiger partial charge is 0.380 e. The minimum atomic E-state index is -3.78. The summed E-state index contributed by atoms with van der Waals surface area (Å²) in [7, 11) is -3.78. The highest BCUT2D eigenvalue weighted by molar-refractivity contribution is 7.89. The summed E-state index contributed by atoms with van der Waals surface area (Å²) in [5.74, 6) is -0.553. The first-order chi connectivity index (χ1) is 17.8. The van der Waals surface area contributed by atoms with E-state index in [1.54, 1.807) is 12.1 Å². The van der Waals surface area contributed by atoms with Crippen molar-refractivity contribution < 1.29 is 22.9 Å². The Labute approximate surface area is 217 Å². The fourth-order valence-electron chi connectivity index (χ4n) is 4.66. The summed E-state index contributed by atoms with van der Waals surface area (Å²) < 4.78 is 33.3. The van der Waals surface area contributed by atoms with E-state index in [1.807, 2.05) is 6.92 Å². The molecule has 2 saturated heterocycles. The Hall–Kier alpha value is -3.22. The maximum Gasteiger partial charge on any atom is 0.293 e. The standard InChI is InChI=1S/C25H33N5O6S/c1-2-26-21-9-7-19(17-24(21)30(32)33)25(31)27-22-18-20(37(34,35)29-13-15-36-16-14-29)8-10-23(22)28-11-5-3-4-6-12-28/h7-10,17-18,26H,2-6,11-16H2,1H3,(H,27,31). The number of hydrogen-bond acceptors (Lipinski definition) is 8. The zero-order chi connectivity index (χ0) is 26.4. The van der Waals surface area contributed by atoms with Gasteiger partial charge in [-0.2, -0.15) is 4.31 Å². The van der Waals surface area contributed by atoms with E-state index in [0.29, 0.717) is 31.1 Å². The smallest absolute Gasteiger partial charge is 0.293 e. The van der Waals surface area contributed by atoms with Crippen LogP contribution in [0.1, 0.15) is 43.0 Å². The topological polar surface area (TPSA) is 134 Å². The van der Waals surface area contributed by atoms with E-state index in [-0.39, 0.29) is 29.2 Å². The lowest BCUT2D eigenvalue weighted by molar-refractivity contribution is -0.384. The molecule has 2 aliphatic rings. The van der Waals surface area contributed by atoms with Crippen LogP contribution in [-0.2, 0) is 14.8 Å². The summed E-state index contributed by atoms with van der Waals surface area (Å²) in [6.07, 6.45) is 4.23. The van der Waals surface area contributed by atoms with Crippen LogP contribution in [0.25, 0.3) is 0 Å². The molecule has 2 fully saturated rings. The Bertz CT molecular complexity index is 1240. The normalized spacial score (nSPS) is 17.2. The van der Waals surface area contributed by atoms with Crippen LogP contribution in [0, 0.1) is 10.1 Å². The molecule has 1 amide bonds. The first kappa shape index (κ1) is 26.8. The van der Waals surface area contributed by atoms with Crippen LogP contribution in [0.15, 0.2) is 41.3 Å². The van der Waals surface area contributed by atoms with Crippen molar-refractivity contribution >= 4 is 38.7 Å². The number of nitro benzene ring substituents is 1. The third-order valence-corrected chi connectivity index (χ3v) is 8.49. The second-order valence-electron chi connectivity index (χ2n) is 9.07. The van der Waals surface area contributed by atoms with Gasteiger partial charge in [-0.25, -0.2) is 8.42 Å². The Morgan fingerprint density at radius 3 is 2.35 bits per heavy atom. The van der Waals surface area contributed by atoms with Gasteiger partial charge in [0.05, 0.1) is 34.4 Å². The average molecular weight is 532 g/mol. The maximum absolute atomic E-state index is 13.3. The molecule has 0 radical (unpaired) electrons. The van der Waals surface area contributed by atoms with Crippen molar-refractivity contribution in [3.05, 3.63) is 52.1 Å². The van der Waals surface area contributed by atoms with E-state index in [0.717, 1.165) is 44.5 Å². The first-order valence-corrected chi connectivity index (χ1v) is 14.1. The van der Waals surface area contributed by atoms with Gasteiger partial charge < -0.3 is 20.3 Å². The van der Waals surface area contributed by atoms with Gasteiger partial charge in [-0.15, -0.1) is 0 Å². The van der Waals surface area contributed by atoms with Crippen LogP contribution in [0.3, 0.4) is 0 Å². The monoisotopic (exact) mass is 531 g/mol. The Balaban J connectivity index is 1.69. The molecule has 2 aromatic carbocycles. The van der Waals surface area contributed by atoms with Crippen LogP contribution >= 0.6 is 0 Å². The molecule has 4 rings (SSSR count). The molecule has 0 unspecified atom stereocenters. The van der Waals surface area contributed by atoms with E-state index in [9.17, 15) is 23.3 Å². The third-order valence-electron chi connectivity index (χ3n) is 6.59. The van der Waals surface area contributed by atoms with Gasteiger partial charge in [0.25, 0.3) is 11.6 Å². The molecule has 0 bridgehead atoms. The van der Waals surface area contributed by atoms with Crippen molar-refractivity contribution in [2.75, 3.05) is 61.5 Å². The Morgan fingerprint density at radius 1 is 1.00 bits per heavy atom. The van der Waals surface area contributed by atoms with Gasteiger partial charge in [0.1, 0.15) is 5.69 Å². The number of nitro groups is 1. The number of anilines is 3. The van der Waals surface area contributed by atoms with Gasteiger partial charge in [-0.05, 0) is 50.1 Å². The Morgan fingerprint density at radius 2 is 1.70 bits per heavy atom. The minimum absolute atomic E-state index is 0.0803. The van der Waals surface area contributed by atoms with Crippen LogP contribution in [-0.4, -0.2) is 69.5 Å². The predicted octanol–water partition coefficient (Wildman–Crippen LogP) is 3.68. The number of amides is 1. The number of benzene rings is 2. The quantitative estimate of drug-likeness (QED) is 0.389. The lowest BCUT2D eigenvalue weighted by Gasteiger charge is -2.28. The lowest BCUT2D eigenvalue weighted by atomic mass is 10.1. The number of morpholine rings is 1. The molecule has 0 aromatic heterocycles. The molecule has 200 valence electrons. The second-order valence-corrected chi connectivity index (χ2v) is 11.0. The van der Waals surface area contributed by atoms with Crippen molar-refractivity contribution in [2.24, 2.45) is 0 Å². The Kier molecular flexibility index (Phi) is 8.62. The van der Waals surface area contributed by atoms with E-state index >= 15 is 0 Å². The molecule has 0 aliphatic carbocycles. The molecule has 2 N–H and O–H groups in total. The molecule has 2 aromatic rings. The minimum Gasteiger partial charge on any atom is -0.380 e. The zero-order valence-corrected chi connectivity index (χ0v) is 21.8. The van der Waals surface area contributed by atoms with Crippen molar-refractivity contribution in [3.8, 4) is 0 Å². The number of nitrogens with zero attached hydrogens (tertiary/aromatic N) is 3. The fraction of sp³-hybridized carbons (Fsp3) is 0.480. The molecule has 12 heteroatoms. The van der Waals surface area contributed by atoms with Gasteiger partial charge in [0.2, 0.25) is 10.0 Å². The van der Waals surface area contributed by atoms with Crippen LogP contribution < -0.4 is 15.5 Å². The third kappa shape index (κ3) is 6.20. The highest BCUT2D eigenvalue weighted by Crippen LogP contribution is 2.33. The maximum atomic E-state index is 13.3. The van der Waals surface area contributed by atoms with Crippen molar-refractivity contribution in [2.45, 2.75) is 37.5 Å². The van der Waals surface area contributed by atoms with Crippen LogP contribution in [0.2, 0.25) is 0 Å². The predicted molar refractivity (Wildman–Crippen MR) is 142 cm³/mol. The fourth-order valence-corrected chi connectivity index (χ4v) is 6.09. The van der Waals surface area contributed by atoms with E-state index in [4.69, 9.17) is 4.74 Å². The number of ether oxygens (including phenoxy) is 1. The summed E-state index contributed by atoms with van der Waals surface area (Å²) in [5.41, 5.74) is 1.32. The van der Waals surface area contributed by atoms with Gasteiger partial charge in [-0.3, -0.25) is 14.9 Å². The highest BCUT2D eigenvalue weighted by atomic mass is 32.2. The van der Waals surface area contributed by atoms with Crippen molar-refractivity contribution in [1.82, 2.24) is 4.31 Å². The van der Waals surface area contributed by atoms with Gasteiger partial charge in [-0.1, -0.05) is 12.8 Å². The van der Waals surface area contributed by atoms with Gasteiger partial charge >= 0.3 is 0 Å². The summed E-state index contributed by atoms with van der Waals surface area (Å²) in [5, 5.41) is 17.3. The van der Waals surface area contributed by atoms with E-state index in [1.165, 1.54) is 28.6 Å². The number of nitrogens with one attached hydrogen (secondary N) is 2. The summed E-state index contributed by atoms with van der Waals surface area (Å²) in [4.78, 5) is 26.6. The summed E-state index contributed by atoms with van der Waals surface area (Å²) in [6.45, 7) is 5.09. The molecular formula is C25H33N5O6S. The second kappa shape index (κ2) is 11.9. The molecular weight excluding hydrogens is 498 g/mol. The summed E-state index contributed by atoms with van der Waals surface area (Å²) in [6, 6.07) is 9.06. The summed E-state index contributed by atoms with van der Waals surface area (Å²) >= 11 is 0. The number of hydrogen-bond donors (Lipinski definition) is 2. The van der Waals surface area contributed by atoms with E-state index in [2.05, 4.69) is 15.5 Å². The van der Waals surface area contributed by atoms with Gasteiger partial charge in [0, 0.05) is 44.4 Å². The van der Waals surface area contributed by atoms with E-state index < -0.39 is 20.9 Å².